The van der Waals surface area contributed by atoms with Crippen molar-refractivity contribution in [3.8, 4) is 5.69 Å². The highest BCUT2D eigenvalue weighted by Gasteiger charge is 2.10. The van der Waals surface area contributed by atoms with E-state index < -0.39 is 0 Å². The molecule has 1 aliphatic heterocycles. The average Bonchev–Trinajstić information content (AvgIpc) is 3.03. The minimum atomic E-state index is 0.943. The Hall–Kier alpha value is -1.69. The van der Waals surface area contributed by atoms with Crippen molar-refractivity contribution < 1.29 is 0 Å². The van der Waals surface area contributed by atoms with Crippen LogP contribution in [0.5, 0.6) is 0 Å². The summed E-state index contributed by atoms with van der Waals surface area (Å²) in [6.45, 7) is 7.75. The first kappa shape index (κ1) is 15.2. The Kier molecular flexibility index (Phi) is 5.21. The summed E-state index contributed by atoms with van der Waals surface area (Å²) in [6, 6.07) is 10.3. The molecule has 0 radical (unpaired) electrons. The maximum atomic E-state index is 4.46. The van der Waals surface area contributed by atoms with Crippen LogP contribution in [-0.4, -0.2) is 65.9 Å². The van der Waals surface area contributed by atoms with Gasteiger partial charge < -0.3 is 10.2 Å². The summed E-state index contributed by atoms with van der Waals surface area (Å²) in [5.74, 6) is 0. The molecule has 1 aliphatic rings. The minimum absolute atomic E-state index is 0.943. The van der Waals surface area contributed by atoms with Crippen molar-refractivity contribution in [2.45, 2.75) is 6.54 Å². The van der Waals surface area contributed by atoms with Crippen molar-refractivity contribution in [1.82, 2.24) is 24.9 Å². The van der Waals surface area contributed by atoms with Crippen LogP contribution in [0, 0.1) is 0 Å². The molecule has 0 spiro atoms. The van der Waals surface area contributed by atoms with E-state index in [2.05, 4.69) is 45.6 Å². The Morgan fingerprint density at radius 1 is 1.18 bits per heavy atom. The van der Waals surface area contributed by atoms with Crippen LogP contribution in [0.15, 0.2) is 42.7 Å². The molecule has 0 saturated carbocycles. The highest BCUT2D eigenvalue weighted by Crippen LogP contribution is 2.09. The summed E-state index contributed by atoms with van der Waals surface area (Å²) in [5.41, 5.74) is 2.36. The van der Waals surface area contributed by atoms with E-state index in [1.165, 1.54) is 18.7 Å². The van der Waals surface area contributed by atoms with Gasteiger partial charge in [0.2, 0.25) is 0 Å². The summed E-state index contributed by atoms with van der Waals surface area (Å²) >= 11 is 0. The number of likely N-dealkylation sites (N-methyl/N-ethyl adjacent to an activating group) is 1. The molecule has 5 nitrogen and oxygen atoms in total. The summed E-state index contributed by atoms with van der Waals surface area (Å²) in [5, 5.41) is 7.85. The second-order valence-corrected chi connectivity index (χ2v) is 5.96. The number of piperazine rings is 1. The number of hydrogen-bond acceptors (Lipinski definition) is 4. The molecule has 22 heavy (non-hydrogen) atoms. The first-order valence-electron chi connectivity index (χ1n) is 8.02. The number of para-hydroxylation sites is 1. The van der Waals surface area contributed by atoms with Gasteiger partial charge in [0.15, 0.2) is 0 Å². The normalized spacial score (nSPS) is 16.3. The van der Waals surface area contributed by atoms with Crippen molar-refractivity contribution >= 4 is 0 Å². The molecule has 0 atom stereocenters. The summed E-state index contributed by atoms with van der Waals surface area (Å²) in [7, 11) is 2.18. The molecule has 118 valence electrons. The number of nitrogens with zero attached hydrogens (tertiary/aromatic N) is 4. The fourth-order valence-corrected chi connectivity index (χ4v) is 2.80. The molecule has 1 aromatic carbocycles. The Bertz CT molecular complexity index is 559. The lowest BCUT2D eigenvalue weighted by atomic mass is 10.3. The monoisotopic (exact) mass is 299 g/mol. The van der Waals surface area contributed by atoms with Crippen molar-refractivity contribution in [3.05, 3.63) is 48.3 Å². The highest BCUT2D eigenvalue weighted by molar-refractivity contribution is 5.30. The van der Waals surface area contributed by atoms with Gasteiger partial charge in [0.05, 0.1) is 11.9 Å². The molecular weight excluding hydrogens is 274 g/mol. The Balaban J connectivity index is 1.49. The SMILES string of the molecule is CN(CCN1CCNCC1)Cc1cnn(-c2ccccc2)c1. The van der Waals surface area contributed by atoms with E-state index >= 15 is 0 Å². The van der Waals surface area contributed by atoms with Crippen LogP contribution >= 0.6 is 0 Å². The summed E-state index contributed by atoms with van der Waals surface area (Å²) in [6.07, 6.45) is 4.09. The molecule has 1 saturated heterocycles. The fourth-order valence-electron chi connectivity index (χ4n) is 2.80. The Morgan fingerprint density at radius 2 is 1.95 bits per heavy atom. The van der Waals surface area contributed by atoms with Crippen LogP contribution in [0.1, 0.15) is 5.56 Å². The smallest absolute Gasteiger partial charge is 0.0645 e. The zero-order valence-electron chi connectivity index (χ0n) is 13.3. The summed E-state index contributed by atoms with van der Waals surface area (Å²) < 4.78 is 1.94. The van der Waals surface area contributed by atoms with Gasteiger partial charge >= 0.3 is 0 Å². The van der Waals surface area contributed by atoms with Gasteiger partial charge in [-0.25, -0.2) is 4.68 Å². The number of rotatable bonds is 6. The second kappa shape index (κ2) is 7.54. The predicted octanol–water partition coefficient (Wildman–Crippen LogP) is 1.21. The first-order chi connectivity index (χ1) is 10.8. The lowest BCUT2D eigenvalue weighted by Gasteiger charge is -2.28. The number of aromatic nitrogens is 2. The molecule has 5 heteroatoms. The van der Waals surface area contributed by atoms with E-state index in [0.29, 0.717) is 0 Å². The van der Waals surface area contributed by atoms with Crippen LogP contribution in [-0.2, 0) is 6.54 Å². The van der Waals surface area contributed by atoms with Crippen LogP contribution in [0.4, 0.5) is 0 Å². The van der Waals surface area contributed by atoms with Gasteiger partial charge in [-0.05, 0) is 19.2 Å². The van der Waals surface area contributed by atoms with Crippen LogP contribution < -0.4 is 5.32 Å². The average molecular weight is 299 g/mol. The number of nitrogens with one attached hydrogen (secondary N) is 1. The summed E-state index contributed by atoms with van der Waals surface area (Å²) in [4.78, 5) is 4.90. The van der Waals surface area contributed by atoms with E-state index in [-0.39, 0.29) is 0 Å². The van der Waals surface area contributed by atoms with E-state index in [4.69, 9.17) is 0 Å². The first-order valence-corrected chi connectivity index (χ1v) is 8.02. The number of benzene rings is 1. The van der Waals surface area contributed by atoms with E-state index in [1.54, 1.807) is 0 Å². The van der Waals surface area contributed by atoms with E-state index in [0.717, 1.165) is 38.4 Å². The van der Waals surface area contributed by atoms with E-state index in [1.807, 2.05) is 29.1 Å². The molecular formula is C17H25N5. The van der Waals surface area contributed by atoms with Crippen molar-refractivity contribution in [3.63, 3.8) is 0 Å². The lowest BCUT2D eigenvalue weighted by Crippen LogP contribution is -2.45. The topological polar surface area (TPSA) is 36.3 Å². The number of hydrogen-bond donors (Lipinski definition) is 1. The van der Waals surface area contributed by atoms with Crippen molar-refractivity contribution in [2.75, 3.05) is 46.3 Å². The van der Waals surface area contributed by atoms with Gasteiger partial charge in [-0.1, -0.05) is 18.2 Å². The third-order valence-electron chi connectivity index (χ3n) is 4.12. The van der Waals surface area contributed by atoms with Gasteiger partial charge in [0.25, 0.3) is 0 Å². The van der Waals surface area contributed by atoms with Gasteiger partial charge in [-0.2, -0.15) is 5.10 Å². The molecule has 2 aromatic rings. The van der Waals surface area contributed by atoms with Crippen LogP contribution in [0.2, 0.25) is 0 Å². The molecule has 1 aromatic heterocycles. The Morgan fingerprint density at radius 3 is 2.73 bits per heavy atom. The molecule has 0 amide bonds. The van der Waals surface area contributed by atoms with Crippen LogP contribution in [0.3, 0.4) is 0 Å². The molecule has 0 bridgehead atoms. The van der Waals surface area contributed by atoms with E-state index in [9.17, 15) is 0 Å². The lowest BCUT2D eigenvalue weighted by molar-refractivity contribution is 0.202. The highest BCUT2D eigenvalue weighted by atomic mass is 15.3. The third-order valence-corrected chi connectivity index (χ3v) is 4.12. The predicted molar refractivity (Wildman–Crippen MR) is 89.2 cm³/mol. The zero-order valence-corrected chi connectivity index (χ0v) is 13.3. The van der Waals surface area contributed by atoms with Crippen molar-refractivity contribution in [2.24, 2.45) is 0 Å². The molecule has 1 fully saturated rings. The van der Waals surface area contributed by atoms with Gasteiger partial charge in [-0.3, -0.25) is 4.90 Å². The standard InChI is InChI=1S/C17H25N5/c1-20(11-12-21-9-7-18-8-10-21)14-16-13-19-22(15-16)17-5-3-2-4-6-17/h2-6,13,15,18H,7-12,14H2,1H3. The molecule has 1 N–H and O–H groups in total. The molecule has 3 rings (SSSR count). The maximum Gasteiger partial charge on any atom is 0.0645 e. The van der Waals surface area contributed by atoms with Gasteiger partial charge in [-0.15, -0.1) is 0 Å². The molecule has 0 unspecified atom stereocenters. The molecule has 2 heterocycles. The van der Waals surface area contributed by atoms with Crippen molar-refractivity contribution in [1.29, 1.82) is 0 Å². The van der Waals surface area contributed by atoms with Gasteiger partial charge in [0.1, 0.15) is 0 Å². The molecule has 0 aliphatic carbocycles. The zero-order chi connectivity index (χ0) is 15.2. The second-order valence-electron chi connectivity index (χ2n) is 5.96. The van der Waals surface area contributed by atoms with Crippen LogP contribution in [0.25, 0.3) is 5.69 Å². The third kappa shape index (κ3) is 4.16. The maximum absolute atomic E-state index is 4.46. The largest absolute Gasteiger partial charge is 0.314 e. The Labute approximate surface area is 132 Å². The fraction of sp³-hybridized carbons (Fsp3) is 0.471. The quantitative estimate of drug-likeness (QED) is 0.870. The minimum Gasteiger partial charge on any atom is -0.314 e. The van der Waals surface area contributed by atoms with Gasteiger partial charge in [0, 0.05) is 57.6 Å².